The maximum Gasteiger partial charge on any atom is 0.0734 e. The van der Waals surface area contributed by atoms with Crippen molar-refractivity contribution in [2.45, 2.75) is 45.6 Å². The molecule has 2 aromatic rings. The highest BCUT2D eigenvalue weighted by atomic mass is 14.9. The van der Waals surface area contributed by atoms with E-state index in [0.717, 1.165) is 30.3 Å². The molecule has 0 aliphatic heterocycles. The van der Waals surface area contributed by atoms with E-state index in [4.69, 9.17) is 0 Å². The summed E-state index contributed by atoms with van der Waals surface area (Å²) in [4.78, 5) is 4.54. The van der Waals surface area contributed by atoms with E-state index in [1.54, 1.807) is 0 Å². The Labute approximate surface area is 128 Å². The summed E-state index contributed by atoms with van der Waals surface area (Å²) < 4.78 is 0. The first-order valence-corrected chi connectivity index (χ1v) is 8.30. The fourth-order valence-electron chi connectivity index (χ4n) is 3.73. The van der Waals surface area contributed by atoms with Crippen molar-refractivity contribution in [1.82, 2.24) is 10.3 Å². The third kappa shape index (κ3) is 3.44. The molecule has 2 heteroatoms. The molecule has 1 aliphatic carbocycles. The third-order valence-corrected chi connectivity index (χ3v) is 4.95. The smallest absolute Gasteiger partial charge is 0.0734 e. The van der Waals surface area contributed by atoms with E-state index in [1.807, 2.05) is 12.3 Å². The Morgan fingerprint density at radius 1 is 1.14 bits per heavy atom. The first kappa shape index (κ1) is 14.5. The predicted molar refractivity (Wildman–Crippen MR) is 89.4 cm³/mol. The van der Waals surface area contributed by atoms with Crippen LogP contribution in [0.3, 0.4) is 0 Å². The van der Waals surface area contributed by atoms with Gasteiger partial charge in [-0.1, -0.05) is 38.1 Å². The van der Waals surface area contributed by atoms with Gasteiger partial charge in [0.15, 0.2) is 0 Å². The molecule has 1 saturated carbocycles. The molecule has 112 valence electrons. The van der Waals surface area contributed by atoms with Gasteiger partial charge in [-0.2, -0.15) is 0 Å². The summed E-state index contributed by atoms with van der Waals surface area (Å²) in [5, 5.41) is 5.02. The summed E-state index contributed by atoms with van der Waals surface area (Å²) in [6.07, 6.45) is 7.03. The highest BCUT2D eigenvalue weighted by molar-refractivity contribution is 5.81. The van der Waals surface area contributed by atoms with Gasteiger partial charge in [-0.3, -0.25) is 4.98 Å². The van der Waals surface area contributed by atoms with Gasteiger partial charge in [0.05, 0.1) is 5.52 Å². The minimum absolute atomic E-state index is 0.698. The molecule has 1 aromatic heterocycles. The van der Waals surface area contributed by atoms with Crippen LogP contribution in [-0.2, 0) is 6.42 Å². The Hall–Kier alpha value is -1.41. The minimum atomic E-state index is 0.698. The molecule has 1 fully saturated rings. The van der Waals surface area contributed by atoms with Crippen molar-refractivity contribution in [2.24, 2.45) is 11.8 Å². The number of hydrogen-bond donors (Lipinski definition) is 1. The van der Waals surface area contributed by atoms with Crippen molar-refractivity contribution >= 4 is 10.9 Å². The normalized spacial score (nSPS) is 26.1. The van der Waals surface area contributed by atoms with Gasteiger partial charge < -0.3 is 5.32 Å². The summed E-state index contributed by atoms with van der Waals surface area (Å²) in [7, 11) is 0. The number of nitrogens with one attached hydrogen (secondary N) is 1. The molecule has 1 N–H and O–H groups in total. The van der Waals surface area contributed by atoms with Crippen LogP contribution in [0.1, 0.15) is 38.7 Å². The second-order valence-corrected chi connectivity index (χ2v) is 6.70. The fraction of sp³-hybridized carbons (Fsp3) is 0.526. The van der Waals surface area contributed by atoms with E-state index in [-0.39, 0.29) is 0 Å². The van der Waals surface area contributed by atoms with Crippen molar-refractivity contribution < 1.29 is 0 Å². The van der Waals surface area contributed by atoms with Crippen LogP contribution in [0.2, 0.25) is 0 Å². The third-order valence-electron chi connectivity index (χ3n) is 4.95. The molecule has 3 rings (SSSR count). The highest BCUT2D eigenvalue weighted by Gasteiger charge is 2.24. The van der Waals surface area contributed by atoms with Gasteiger partial charge in [0.1, 0.15) is 0 Å². The lowest BCUT2D eigenvalue weighted by atomic mass is 9.80. The monoisotopic (exact) mass is 282 g/mol. The molecule has 1 aromatic carbocycles. The van der Waals surface area contributed by atoms with Crippen LogP contribution in [0.5, 0.6) is 0 Å². The minimum Gasteiger partial charge on any atom is -0.313 e. The molecule has 3 atom stereocenters. The van der Waals surface area contributed by atoms with E-state index >= 15 is 0 Å². The molecule has 21 heavy (non-hydrogen) atoms. The lowest BCUT2D eigenvalue weighted by Crippen LogP contribution is -2.39. The number of hydrogen-bond acceptors (Lipinski definition) is 2. The topological polar surface area (TPSA) is 24.9 Å². The van der Waals surface area contributed by atoms with Crippen molar-refractivity contribution in [3.63, 3.8) is 0 Å². The molecule has 0 bridgehead atoms. The average Bonchev–Trinajstić information content (AvgIpc) is 2.50. The number of rotatable bonds is 4. The Balaban J connectivity index is 1.60. The molecule has 0 amide bonds. The number of para-hydroxylation sites is 1. The number of nitrogens with zero attached hydrogens (tertiary/aromatic N) is 1. The Kier molecular flexibility index (Phi) is 4.54. The van der Waals surface area contributed by atoms with Crippen LogP contribution in [0.15, 0.2) is 36.5 Å². The number of pyridine rings is 1. The number of fused-ring (bicyclic) bond motifs is 1. The molecule has 1 aliphatic rings. The Morgan fingerprint density at radius 3 is 2.86 bits per heavy atom. The average molecular weight is 282 g/mol. The molecule has 0 saturated heterocycles. The van der Waals surface area contributed by atoms with Gasteiger partial charge in [0.25, 0.3) is 0 Å². The Bertz CT molecular complexity index is 588. The second-order valence-electron chi connectivity index (χ2n) is 6.70. The standard InChI is InChI=1S/C19H26N2/c1-14-8-9-18(15(2)13-14)20-12-10-17-6-3-5-16-7-4-11-21-19(16)17/h3-7,11,14-15,18,20H,8-10,12-13H2,1-2H3. The first-order chi connectivity index (χ1) is 10.2. The van der Waals surface area contributed by atoms with Crippen LogP contribution in [0.4, 0.5) is 0 Å². The van der Waals surface area contributed by atoms with Crippen LogP contribution in [0, 0.1) is 11.8 Å². The highest BCUT2D eigenvalue weighted by Crippen LogP contribution is 2.28. The summed E-state index contributed by atoms with van der Waals surface area (Å²) in [6.45, 7) is 5.83. The summed E-state index contributed by atoms with van der Waals surface area (Å²) in [6, 6.07) is 11.3. The van der Waals surface area contributed by atoms with E-state index in [0.29, 0.717) is 6.04 Å². The SMILES string of the molecule is CC1CCC(NCCc2cccc3cccnc23)C(C)C1. The lowest BCUT2D eigenvalue weighted by Gasteiger charge is -2.33. The molecule has 3 unspecified atom stereocenters. The van der Waals surface area contributed by atoms with Crippen LogP contribution >= 0.6 is 0 Å². The van der Waals surface area contributed by atoms with Gasteiger partial charge >= 0.3 is 0 Å². The van der Waals surface area contributed by atoms with Crippen molar-refractivity contribution in [3.8, 4) is 0 Å². The van der Waals surface area contributed by atoms with Crippen LogP contribution < -0.4 is 5.32 Å². The first-order valence-electron chi connectivity index (χ1n) is 8.30. The Morgan fingerprint density at radius 2 is 2.00 bits per heavy atom. The van der Waals surface area contributed by atoms with Gasteiger partial charge in [-0.25, -0.2) is 0 Å². The summed E-state index contributed by atoms with van der Waals surface area (Å²) in [5.41, 5.74) is 2.52. The second kappa shape index (κ2) is 6.57. The molecular formula is C19H26N2. The lowest BCUT2D eigenvalue weighted by molar-refractivity contribution is 0.229. The van der Waals surface area contributed by atoms with Crippen molar-refractivity contribution in [3.05, 3.63) is 42.1 Å². The van der Waals surface area contributed by atoms with E-state index < -0.39 is 0 Å². The molecule has 1 heterocycles. The summed E-state index contributed by atoms with van der Waals surface area (Å²) >= 11 is 0. The van der Waals surface area contributed by atoms with Gasteiger partial charge in [-0.15, -0.1) is 0 Å². The maximum absolute atomic E-state index is 4.54. The molecule has 0 radical (unpaired) electrons. The fourth-order valence-corrected chi connectivity index (χ4v) is 3.73. The quantitative estimate of drug-likeness (QED) is 0.909. The zero-order valence-corrected chi connectivity index (χ0v) is 13.2. The van der Waals surface area contributed by atoms with E-state index in [1.165, 1.54) is 30.2 Å². The largest absolute Gasteiger partial charge is 0.313 e. The predicted octanol–water partition coefficient (Wildman–Crippen LogP) is 4.19. The molecule has 0 spiro atoms. The van der Waals surface area contributed by atoms with Crippen LogP contribution in [0.25, 0.3) is 10.9 Å². The zero-order valence-electron chi connectivity index (χ0n) is 13.2. The van der Waals surface area contributed by atoms with Gasteiger partial charge in [-0.05, 0) is 55.7 Å². The number of benzene rings is 1. The summed E-state index contributed by atoms with van der Waals surface area (Å²) in [5.74, 6) is 1.71. The molecule has 2 nitrogen and oxygen atoms in total. The van der Waals surface area contributed by atoms with Gasteiger partial charge in [0.2, 0.25) is 0 Å². The van der Waals surface area contributed by atoms with E-state index in [9.17, 15) is 0 Å². The van der Waals surface area contributed by atoms with Crippen molar-refractivity contribution in [1.29, 1.82) is 0 Å². The van der Waals surface area contributed by atoms with Gasteiger partial charge in [0, 0.05) is 17.6 Å². The number of aromatic nitrogens is 1. The molecular weight excluding hydrogens is 256 g/mol. The van der Waals surface area contributed by atoms with E-state index in [2.05, 4.69) is 48.4 Å². The van der Waals surface area contributed by atoms with Crippen LogP contribution in [-0.4, -0.2) is 17.6 Å². The zero-order chi connectivity index (χ0) is 14.7. The maximum atomic E-state index is 4.54. The van der Waals surface area contributed by atoms with Crippen molar-refractivity contribution in [2.75, 3.05) is 6.54 Å².